The van der Waals surface area contributed by atoms with E-state index in [1.165, 1.54) is 6.42 Å². The first-order valence-corrected chi connectivity index (χ1v) is 7.03. The first kappa shape index (κ1) is 14.4. The van der Waals surface area contributed by atoms with Crippen molar-refractivity contribution in [2.45, 2.75) is 51.2 Å². The van der Waals surface area contributed by atoms with Crippen LogP contribution in [0, 0.1) is 5.92 Å². The Morgan fingerprint density at radius 2 is 2.37 bits per heavy atom. The summed E-state index contributed by atoms with van der Waals surface area (Å²) >= 11 is 0. The second kappa shape index (κ2) is 6.45. The third-order valence-corrected chi connectivity index (χ3v) is 3.95. The van der Waals surface area contributed by atoms with Crippen LogP contribution in [0.4, 0.5) is 0 Å². The number of nitrogens with one attached hydrogen (secondary N) is 1. The van der Waals surface area contributed by atoms with Gasteiger partial charge in [-0.15, -0.1) is 5.10 Å². The van der Waals surface area contributed by atoms with Crippen LogP contribution in [0.15, 0.2) is 6.20 Å². The summed E-state index contributed by atoms with van der Waals surface area (Å²) in [6, 6.07) is 0. The van der Waals surface area contributed by atoms with Crippen molar-refractivity contribution in [2.24, 2.45) is 5.92 Å². The molecule has 0 spiro atoms. The van der Waals surface area contributed by atoms with Crippen LogP contribution in [0.5, 0.6) is 0 Å². The summed E-state index contributed by atoms with van der Waals surface area (Å²) in [6.07, 6.45) is 6.26. The van der Waals surface area contributed by atoms with Crippen LogP contribution in [0.3, 0.4) is 0 Å². The van der Waals surface area contributed by atoms with Gasteiger partial charge in [0.25, 0.3) is 0 Å². The Morgan fingerprint density at radius 3 is 3.05 bits per heavy atom. The molecule has 0 amide bonds. The van der Waals surface area contributed by atoms with E-state index in [9.17, 15) is 5.11 Å². The third-order valence-electron chi connectivity index (χ3n) is 3.95. The Labute approximate surface area is 113 Å². The standard InChI is InChI=1S/C13H24N4O2/c1-11-3-2-4-13(7-11,10-19)14-8-12-9-17(5-6-18)16-15-12/h9,11,14,18-19H,2-8,10H2,1H3. The molecule has 1 aliphatic rings. The molecule has 1 aromatic rings. The minimum atomic E-state index is -0.168. The van der Waals surface area contributed by atoms with Gasteiger partial charge in [0.15, 0.2) is 0 Å². The van der Waals surface area contributed by atoms with Gasteiger partial charge in [-0.3, -0.25) is 0 Å². The SMILES string of the molecule is CC1CCCC(CO)(NCc2cn(CCO)nn2)C1. The average Bonchev–Trinajstić information content (AvgIpc) is 2.85. The van der Waals surface area contributed by atoms with Gasteiger partial charge in [-0.1, -0.05) is 25.0 Å². The number of hydrogen-bond donors (Lipinski definition) is 3. The maximum atomic E-state index is 9.69. The van der Waals surface area contributed by atoms with Crippen LogP contribution in [0.25, 0.3) is 0 Å². The Bertz CT molecular complexity index is 396. The summed E-state index contributed by atoms with van der Waals surface area (Å²) < 4.78 is 1.63. The molecule has 19 heavy (non-hydrogen) atoms. The number of hydrogen-bond acceptors (Lipinski definition) is 5. The lowest BCUT2D eigenvalue weighted by molar-refractivity contribution is 0.0979. The van der Waals surface area contributed by atoms with Crippen molar-refractivity contribution in [1.29, 1.82) is 0 Å². The van der Waals surface area contributed by atoms with Crippen molar-refractivity contribution in [3.8, 4) is 0 Å². The summed E-state index contributed by atoms with van der Waals surface area (Å²) in [5.41, 5.74) is 0.679. The lowest BCUT2D eigenvalue weighted by atomic mass is 9.77. The lowest BCUT2D eigenvalue weighted by Gasteiger charge is -2.39. The highest BCUT2D eigenvalue weighted by molar-refractivity contribution is 4.98. The molecule has 6 heteroatoms. The summed E-state index contributed by atoms with van der Waals surface area (Å²) in [5.74, 6) is 0.651. The molecular formula is C13H24N4O2. The maximum Gasteiger partial charge on any atom is 0.0965 e. The quantitative estimate of drug-likeness (QED) is 0.691. The van der Waals surface area contributed by atoms with Crippen molar-refractivity contribution in [3.63, 3.8) is 0 Å². The highest BCUT2D eigenvalue weighted by atomic mass is 16.3. The molecule has 1 saturated carbocycles. The van der Waals surface area contributed by atoms with Gasteiger partial charge in [-0.25, -0.2) is 4.68 Å². The molecule has 108 valence electrons. The number of aliphatic hydroxyl groups is 2. The van der Waals surface area contributed by atoms with Crippen LogP contribution in [0.1, 0.15) is 38.3 Å². The fourth-order valence-corrected chi connectivity index (χ4v) is 2.93. The molecule has 2 atom stereocenters. The van der Waals surface area contributed by atoms with Crippen LogP contribution >= 0.6 is 0 Å². The van der Waals surface area contributed by atoms with Crippen molar-refractivity contribution in [3.05, 3.63) is 11.9 Å². The van der Waals surface area contributed by atoms with Gasteiger partial charge in [0.2, 0.25) is 0 Å². The molecular weight excluding hydrogens is 244 g/mol. The minimum Gasteiger partial charge on any atom is -0.394 e. The number of aliphatic hydroxyl groups excluding tert-OH is 2. The molecule has 2 unspecified atom stereocenters. The Balaban J connectivity index is 1.91. The Morgan fingerprint density at radius 1 is 1.53 bits per heavy atom. The smallest absolute Gasteiger partial charge is 0.0965 e. The van der Waals surface area contributed by atoms with Gasteiger partial charge in [0, 0.05) is 18.3 Å². The van der Waals surface area contributed by atoms with Crippen molar-refractivity contribution >= 4 is 0 Å². The molecule has 1 aromatic heterocycles. The zero-order valence-corrected chi connectivity index (χ0v) is 11.5. The van der Waals surface area contributed by atoms with Crippen LogP contribution < -0.4 is 5.32 Å². The van der Waals surface area contributed by atoms with Gasteiger partial charge in [-0.05, 0) is 18.8 Å². The molecule has 0 saturated heterocycles. The Hall–Kier alpha value is -0.980. The van der Waals surface area contributed by atoms with Crippen molar-refractivity contribution in [2.75, 3.05) is 13.2 Å². The zero-order valence-electron chi connectivity index (χ0n) is 11.5. The largest absolute Gasteiger partial charge is 0.394 e. The number of rotatable bonds is 6. The second-order valence-electron chi connectivity index (χ2n) is 5.69. The van der Waals surface area contributed by atoms with Gasteiger partial charge < -0.3 is 15.5 Å². The van der Waals surface area contributed by atoms with E-state index in [2.05, 4.69) is 22.6 Å². The molecule has 3 N–H and O–H groups in total. The highest BCUT2D eigenvalue weighted by Gasteiger charge is 2.33. The number of nitrogens with zero attached hydrogens (tertiary/aromatic N) is 3. The predicted molar refractivity (Wildman–Crippen MR) is 71.4 cm³/mol. The van der Waals surface area contributed by atoms with E-state index in [0.29, 0.717) is 19.0 Å². The monoisotopic (exact) mass is 268 g/mol. The van der Waals surface area contributed by atoms with E-state index in [4.69, 9.17) is 5.11 Å². The zero-order chi connectivity index (χ0) is 13.7. The van der Waals surface area contributed by atoms with Crippen LogP contribution in [0.2, 0.25) is 0 Å². The van der Waals surface area contributed by atoms with E-state index < -0.39 is 0 Å². The van der Waals surface area contributed by atoms with E-state index in [1.54, 1.807) is 4.68 Å². The van der Waals surface area contributed by atoms with E-state index >= 15 is 0 Å². The molecule has 1 fully saturated rings. The first-order valence-electron chi connectivity index (χ1n) is 7.03. The van der Waals surface area contributed by atoms with Crippen LogP contribution in [-0.4, -0.2) is 44.0 Å². The minimum absolute atomic E-state index is 0.0638. The van der Waals surface area contributed by atoms with E-state index in [0.717, 1.165) is 25.0 Å². The predicted octanol–water partition coefficient (Wildman–Crippen LogP) is 0.301. The topological polar surface area (TPSA) is 83.2 Å². The van der Waals surface area contributed by atoms with E-state index in [-0.39, 0.29) is 18.8 Å². The highest BCUT2D eigenvalue weighted by Crippen LogP contribution is 2.32. The molecule has 1 aliphatic carbocycles. The molecule has 0 bridgehead atoms. The fraction of sp³-hybridized carbons (Fsp3) is 0.846. The molecule has 0 radical (unpaired) electrons. The van der Waals surface area contributed by atoms with Crippen LogP contribution in [-0.2, 0) is 13.1 Å². The summed E-state index contributed by atoms with van der Waals surface area (Å²) in [4.78, 5) is 0. The normalized spacial score (nSPS) is 27.6. The number of aromatic nitrogens is 3. The van der Waals surface area contributed by atoms with Gasteiger partial charge in [0.05, 0.1) is 25.5 Å². The second-order valence-corrected chi connectivity index (χ2v) is 5.69. The summed E-state index contributed by atoms with van der Waals surface area (Å²) in [7, 11) is 0. The molecule has 2 rings (SSSR count). The summed E-state index contributed by atoms with van der Waals surface area (Å²) in [5, 5.41) is 30.0. The Kier molecular flexibility index (Phi) is 4.90. The fourth-order valence-electron chi connectivity index (χ4n) is 2.93. The van der Waals surface area contributed by atoms with Gasteiger partial charge in [0.1, 0.15) is 0 Å². The molecule has 1 heterocycles. The molecule has 0 aromatic carbocycles. The average molecular weight is 268 g/mol. The summed E-state index contributed by atoms with van der Waals surface area (Å²) in [6.45, 7) is 3.55. The lowest BCUT2D eigenvalue weighted by Crippen LogP contribution is -2.51. The van der Waals surface area contributed by atoms with Crippen molar-refractivity contribution < 1.29 is 10.2 Å². The van der Waals surface area contributed by atoms with E-state index in [1.807, 2.05) is 6.20 Å². The van der Waals surface area contributed by atoms with Gasteiger partial charge >= 0.3 is 0 Å². The maximum absolute atomic E-state index is 9.69. The third kappa shape index (κ3) is 3.75. The molecule has 6 nitrogen and oxygen atoms in total. The molecule has 0 aliphatic heterocycles. The first-order chi connectivity index (χ1) is 9.17. The van der Waals surface area contributed by atoms with Gasteiger partial charge in [-0.2, -0.15) is 0 Å². The van der Waals surface area contributed by atoms with Crippen molar-refractivity contribution in [1.82, 2.24) is 20.3 Å².